The number of nitrogens with zero attached hydrogens (tertiary/aromatic N) is 2. The molecule has 3 heterocycles. The number of rotatable bonds is 6. The van der Waals surface area contributed by atoms with Gasteiger partial charge in [-0.2, -0.15) is 0 Å². The smallest absolute Gasteiger partial charge is 0.159 e. The summed E-state index contributed by atoms with van der Waals surface area (Å²) >= 11 is 1.89. The zero-order valence-electron chi connectivity index (χ0n) is 31.3. The third-order valence-electron chi connectivity index (χ3n) is 11.6. The van der Waals surface area contributed by atoms with Crippen LogP contribution in [0, 0.1) is 0 Å². The molecule has 0 N–H and O–H groups in total. The molecule has 0 saturated heterocycles. The van der Waals surface area contributed by atoms with E-state index in [1.807, 2.05) is 17.4 Å². The number of hydrogen-bond acceptors (Lipinski definition) is 3. The predicted molar refractivity (Wildman–Crippen MR) is 247 cm³/mol. The molecule has 0 radical (unpaired) electrons. The molecule has 3 aromatic heterocycles. The Bertz CT molecular complexity index is 3500. The first-order valence-corrected chi connectivity index (χ1v) is 20.5. The van der Waals surface area contributed by atoms with E-state index >= 15 is 0 Å². The van der Waals surface area contributed by atoms with Crippen molar-refractivity contribution in [3.8, 4) is 27.9 Å². The summed E-state index contributed by atoms with van der Waals surface area (Å²) in [5.41, 5.74) is 13.4. The molecular weight excluding hydrogens is 725 g/mol. The van der Waals surface area contributed by atoms with Crippen molar-refractivity contribution in [1.29, 1.82) is 0 Å². The monoisotopic (exact) mass is 758 g/mol. The van der Waals surface area contributed by atoms with Gasteiger partial charge >= 0.3 is 0 Å². The second kappa shape index (κ2) is 13.1. The summed E-state index contributed by atoms with van der Waals surface area (Å²) in [7, 11) is 0. The predicted octanol–water partition coefficient (Wildman–Crippen LogP) is 15.9. The van der Waals surface area contributed by atoms with Gasteiger partial charge in [-0.1, -0.05) is 152 Å². The summed E-state index contributed by atoms with van der Waals surface area (Å²) in [4.78, 5) is 2.33. The van der Waals surface area contributed by atoms with Gasteiger partial charge in [0.05, 0.1) is 21.4 Å². The highest BCUT2D eigenvalue weighted by molar-refractivity contribution is 7.27. The quantitative estimate of drug-likeness (QED) is 0.168. The van der Waals surface area contributed by atoms with Crippen LogP contribution in [0.25, 0.3) is 91.9 Å². The van der Waals surface area contributed by atoms with Gasteiger partial charge in [0, 0.05) is 43.3 Å². The zero-order chi connectivity index (χ0) is 38.2. The highest BCUT2D eigenvalue weighted by Gasteiger charge is 2.22. The van der Waals surface area contributed by atoms with Gasteiger partial charge in [0.2, 0.25) is 0 Å². The van der Waals surface area contributed by atoms with Crippen LogP contribution in [0.15, 0.2) is 211 Å². The van der Waals surface area contributed by atoms with E-state index in [2.05, 4.69) is 210 Å². The SMILES string of the molecule is c1ccc(-n2c3ccccc3c3sc4c(-c5ccc(N(c6ccc(-c7cccc8ccccc78)cc6)c6cccc7c6oc6ccccc67)cc5)cccc4c32)cc1. The number of benzene rings is 9. The maximum Gasteiger partial charge on any atom is 0.159 e. The van der Waals surface area contributed by atoms with Crippen molar-refractivity contribution in [1.82, 2.24) is 4.57 Å². The highest BCUT2D eigenvalue weighted by Crippen LogP contribution is 2.47. The van der Waals surface area contributed by atoms with Crippen LogP contribution in [-0.4, -0.2) is 4.57 Å². The largest absolute Gasteiger partial charge is 0.454 e. The normalized spacial score (nSPS) is 11.8. The summed E-state index contributed by atoms with van der Waals surface area (Å²) in [5.74, 6) is 0. The number of fused-ring (bicyclic) bond motifs is 9. The van der Waals surface area contributed by atoms with Crippen molar-refractivity contribution < 1.29 is 4.42 Å². The van der Waals surface area contributed by atoms with Crippen LogP contribution in [0.4, 0.5) is 17.1 Å². The van der Waals surface area contributed by atoms with Gasteiger partial charge in [0.1, 0.15) is 5.58 Å². The Kier molecular flexibility index (Phi) is 7.40. The van der Waals surface area contributed by atoms with Gasteiger partial charge in [-0.25, -0.2) is 0 Å². The van der Waals surface area contributed by atoms with E-state index in [-0.39, 0.29) is 0 Å². The van der Waals surface area contributed by atoms with E-state index in [1.54, 1.807) is 0 Å². The molecule has 0 unspecified atom stereocenters. The first-order valence-electron chi connectivity index (χ1n) is 19.7. The molecule has 0 amide bonds. The number of anilines is 3. The summed E-state index contributed by atoms with van der Waals surface area (Å²) in [6, 6.07) is 74.1. The molecule has 0 fully saturated rings. The minimum absolute atomic E-state index is 0.868. The van der Waals surface area contributed by atoms with E-state index in [0.717, 1.165) is 39.0 Å². The first kappa shape index (κ1) is 32.8. The highest BCUT2D eigenvalue weighted by atomic mass is 32.1. The van der Waals surface area contributed by atoms with E-state index in [9.17, 15) is 0 Å². The topological polar surface area (TPSA) is 21.3 Å². The van der Waals surface area contributed by atoms with E-state index in [4.69, 9.17) is 4.42 Å². The Balaban J connectivity index is 1.01. The fraction of sp³-hybridized carbons (Fsp3) is 0. The van der Waals surface area contributed by atoms with Crippen LogP contribution < -0.4 is 4.90 Å². The van der Waals surface area contributed by atoms with Gasteiger partial charge in [-0.3, -0.25) is 0 Å². The number of hydrogen-bond donors (Lipinski definition) is 0. The fourth-order valence-electron chi connectivity index (χ4n) is 8.96. The summed E-state index contributed by atoms with van der Waals surface area (Å²) < 4.78 is 11.7. The number of thiophene rings is 1. The van der Waals surface area contributed by atoms with Gasteiger partial charge in [0.25, 0.3) is 0 Å². The Morgan fingerprint density at radius 3 is 1.81 bits per heavy atom. The average molecular weight is 759 g/mol. The van der Waals surface area contributed by atoms with Gasteiger partial charge in [-0.15, -0.1) is 11.3 Å². The fourth-order valence-corrected chi connectivity index (χ4v) is 10.3. The molecule has 12 rings (SSSR count). The molecule has 12 aromatic rings. The summed E-state index contributed by atoms with van der Waals surface area (Å²) in [6.45, 7) is 0. The van der Waals surface area contributed by atoms with Crippen LogP contribution in [-0.2, 0) is 0 Å². The molecule has 0 bridgehead atoms. The summed E-state index contributed by atoms with van der Waals surface area (Å²) in [6.07, 6.45) is 0. The maximum atomic E-state index is 6.64. The standard InChI is InChI=1S/C54H34N2OS/c1-2-15-38(16-3-1)56-48-24-8-6-19-46(48)54-51(56)47-23-11-21-43(53(47)58-54)37-29-33-40(34-30-37)55(49-25-12-22-45-44-18-7-9-26-50(44)57-52(45)49)39-31-27-36(28-32-39)42-20-10-14-35-13-4-5-17-41(35)42/h1-34H. The van der Waals surface area contributed by atoms with Crippen LogP contribution in [0.3, 0.4) is 0 Å². The molecule has 0 aliphatic heterocycles. The molecule has 0 aliphatic carbocycles. The van der Waals surface area contributed by atoms with Crippen molar-refractivity contribution in [3.63, 3.8) is 0 Å². The number of aromatic nitrogens is 1. The lowest BCUT2D eigenvalue weighted by molar-refractivity contribution is 0.669. The van der Waals surface area contributed by atoms with Crippen molar-refractivity contribution in [2.24, 2.45) is 0 Å². The van der Waals surface area contributed by atoms with Crippen molar-refractivity contribution in [2.75, 3.05) is 4.90 Å². The van der Waals surface area contributed by atoms with Crippen LogP contribution in [0.1, 0.15) is 0 Å². The molecule has 4 heteroatoms. The molecule has 3 nitrogen and oxygen atoms in total. The summed E-state index contributed by atoms with van der Waals surface area (Å²) in [5, 5.41) is 7.26. The number of furan rings is 1. The molecule has 272 valence electrons. The van der Waals surface area contributed by atoms with Gasteiger partial charge in [-0.05, 0) is 87.6 Å². The molecule has 0 atom stereocenters. The van der Waals surface area contributed by atoms with E-state index in [1.165, 1.54) is 69.9 Å². The lowest BCUT2D eigenvalue weighted by atomic mass is 9.98. The van der Waals surface area contributed by atoms with Crippen LogP contribution in [0.5, 0.6) is 0 Å². The van der Waals surface area contributed by atoms with Crippen molar-refractivity contribution >= 4 is 92.3 Å². The Morgan fingerprint density at radius 1 is 0.414 bits per heavy atom. The lowest BCUT2D eigenvalue weighted by Crippen LogP contribution is -2.10. The number of para-hydroxylation sites is 4. The van der Waals surface area contributed by atoms with Crippen LogP contribution in [0.2, 0.25) is 0 Å². The molecule has 9 aromatic carbocycles. The molecule has 58 heavy (non-hydrogen) atoms. The van der Waals surface area contributed by atoms with Crippen molar-refractivity contribution in [2.45, 2.75) is 0 Å². The molecule has 0 spiro atoms. The zero-order valence-corrected chi connectivity index (χ0v) is 32.2. The van der Waals surface area contributed by atoms with E-state index in [0.29, 0.717) is 0 Å². The minimum atomic E-state index is 0.868. The molecule has 0 aliphatic rings. The lowest BCUT2D eigenvalue weighted by Gasteiger charge is -2.26. The maximum absolute atomic E-state index is 6.64. The Morgan fingerprint density at radius 2 is 1.00 bits per heavy atom. The second-order valence-electron chi connectivity index (χ2n) is 14.9. The first-order chi connectivity index (χ1) is 28.8. The van der Waals surface area contributed by atoms with Gasteiger partial charge in [0.15, 0.2) is 5.58 Å². The third kappa shape index (κ3) is 5.05. The minimum Gasteiger partial charge on any atom is -0.454 e. The Labute approximate surface area is 338 Å². The molecular formula is C54H34N2OS. The Hall–Kier alpha value is -7.40. The van der Waals surface area contributed by atoms with E-state index < -0.39 is 0 Å². The van der Waals surface area contributed by atoms with Crippen molar-refractivity contribution in [3.05, 3.63) is 206 Å². The van der Waals surface area contributed by atoms with Gasteiger partial charge < -0.3 is 13.9 Å². The molecule has 0 saturated carbocycles. The van der Waals surface area contributed by atoms with Crippen LogP contribution >= 0.6 is 11.3 Å². The second-order valence-corrected chi connectivity index (χ2v) is 15.9. The third-order valence-corrected chi connectivity index (χ3v) is 12.9. The average Bonchev–Trinajstić information content (AvgIpc) is 3.97.